The zero-order valence-corrected chi connectivity index (χ0v) is 39.1. The predicted molar refractivity (Wildman–Crippen MR) is 282 cm³/mol. The highest BCUT2D eigenvalue weighted by Gasteiger charge is 2.49. The van der Waals surface area contributed by atoms with Crippen molar-refractivity contribution >= 4 is 46.1 Å². The van der Waals surface area contributed by atoms with Crippen LogP contribution in [0.15, 0.2) is 223 Å². The van der Waals surface area contributed by atoms with E-state index in [4.69, 9.17) is 0 Å². The Morgan fingerprint density at radius 3 is 1.53 bits per heavy atom. The molecule has 3 nitrogen and oxygen atoms in total. The first-order chi connectivity index (χ1) is 32.0. The first kappa shape index (κ1) is 41.7. The van der Waals surface area contributed by atoms with Gasteiger partial charge in [-0.3, -0.25) is 0 Å². The van der Waals surface area contributed by atoms with Gasteiger partial charge in [0.1, 0.15) is 0 Å². The lowest BCUT2D eigenvalue weighted by molar-refractivity contribution is 0.590. The van der Waals surface area contributed by atoms with Crippen molar-refractivity contribution in [3.8, 4) is 22.3 Å². The Bertz CT molecular complexity index is 3070. The van der Waals surface area contributed by atoms with Gasteiger partial charge in [-0.05, 0) is 98.4 Å². The maximum Gasteiger partial charge on any atom is 0.251 e. The molecule has 0 bridgehead atoms. The molecule has 0 fully saturated rings. The van der Waals surface area contributed by atoms with Crippen molar-refractivity contribution in [2.45, 2.75) is 77.3 Å². The summed E-state index contributed by atoms with van der Waals surface area (Å²) in [6.07, 6.45) is 13.6. The molecule has 2 heterocycles. The molecule has 0 aromatic heterocycles. The van der Waals surface area contributed by atoms with E-state index in [-0.39, 0.29) is 29.6 Å². The van der Waals surface area contributed by atoms with Crippen LogP contribution in [0.3, 0.4) is 0 Å². The Labute approximate surface area is 392 Å². The van der Waals surface area contributed by atoms with E-state index < -0.39 is 0 Å². The monoisotopic (exact) mass is 855 g/mol. The number of fused-ring (bicyclic) bond motifs is 4. The average Bonchev–Trinajstić information content (AvgIpc) is 3.34. The molecule has 0 N–H and O–H groups in total. The van der Waals surface area contributed by atoms with Gasteiger partial charge in [-0.2, -0.15) is 0 Å². The van der Waals surface area contributed by atoms with Crippen LogP contribution < -0.4 is 25.6 Å². The Kier molecular flexibility index (Phi) is 10.4. The number of anilines is 5. The second-order valence-electron chi connectivity index (χ2n) is 20.5. The van der Waals surface area contributed by atoms with E-state index in [2.05, 4.69) is 263 Å². The van der Waals surface area contributed by atoms with Crippen molar-refractivity contribution in [3.05, 3.63) is 234 Å². The van der Waals surface area contributed by atoms with Crippen molar-refractivity contribution in [1.29, 1.82) is 0 Å². The third-order valence-corrected chi connectivity index (χ3v) is 14.2. The number of hydrogen-bond acceptors (Lipinski definition) is 3. The average molecular weight is 856 g/mol. The van der Waals surface area contributed by atoms with Gasteiger partial charge in [-0.25, -0.2) is 0 Å². The van der Waals surface area contributed by atoms with Gasteiger partial charge >= 0.3 is 0 Å². The molecular weight excluding hydrogens is 798 g/mol. The Hall–Kier alpha value is -7.04. The van der Waals surface area contributed by atoms with Crippen molar-refractivity contribution in [2.24, 2.45) is 0 Å². The second kappa shape index (κ2) is 16.4. The lowest BCUT2D eigenvalue weighted by atomic mass is 9.31. The molecule has 2 aliphatic heterocycles. The van der Waals surface area contributed by atoms with Gasteiger partial charge in [0, 0.05) is 46.0 Å². The van der Waals surface area contributed by atoms with Gasteiger partial charge in [0.25, 0.3) is 6.71 Å². The minimum atomic E-state index is -0.0453. The van der Waals surface area contributed by atoms with E-state index >= 15 is 0 Å². The van der Waals surface area contributed by atoms with Gasteiger partial charge in [0.2, 0.25) is 0 Å². The molecule has 4 heteroatoms. The molecule has 0 saturated carbocycles. The molecule has 4 aliphatic rings. The summed E-state index contributed by atoms with van der Waals surface area (Å²) in [6.45, 7) is 14.1. The summed E-state index contributed by atoms with van der Waals surface area (Å²) < 4.78 is 0. The molecule has 7 aromatic rings. The summed E-state index contributed by atoms with van der Waals surface area (Å²) in [5, 5.41) is 0. The van der Waals surface area contributed by atoms with Crippen molar-refractivity contribution < 1.29 is 0 Å². The third-order valence-electron chi connectivity index (χ3n) is 14.2. The van der Waals surface area contributed by atoms with Crippen LogP contribution in [0.1, 0.15) is 65.5 Å². The van der Waals surface area contributed by atoms with Crippen LogP contribution in [0.4, 0.5) is 28.4 Å². The zero-order chi connectivity index (χ0) is 45.2. The van der Waals surface area contributed by atoms with E-state index in [9.17, 15) is 0 Å². The van der Waals surface area contributed by atoms with Crippen LogP contribution in [0.5, 0.6) is 0 Å². The predicted octanol–water partition coefficient (Wildman–Crippen LogP) is 14.4. The lowest BCUT2D eigenvalue weighted by Gasteiger charge is -2.51. The summed E-state index contributed by atoms with van der Waals surface area (Å²) in [6, 6.07) is 66.2. The van der Waals surface area contributed by atoms with Crippen LogP contribution in [-0.4, -0.2) is 18.8 Å². The highest BCUT2D eigenvalue weighted by atomic mass is 15.2. The van der Waals surface area contributed by atoms with Gasteiger partial charge in [-0.1, -0.05) is 205 Å². The second-order valence-corrected chi connectivity index (χ2v) is 20.5. The molecule has 66 heavy (non-hydrogen) atoms. The molecule has 11 rings (SSSR count). The summed E-state index contributed by atoms with van der Waals surface area (Å²) >= 11 is 0. The molecule has 2 unspecified atom stereocenters. The van der Waals surface area contributed by atoms with E-state index in [1.165, 1.54) is 89.6 Å². The van der Waals surface area contributed by atoms with E-state index in [1.807, 2.05) is 0 Å². The van der Waals surface area contributed by atoms with Crippen molar-refractivity contribution in [2.75, 3.05) is 14.7 Å². The normalized spacial score (nSPS) is 17.5. The van der Waals surface area contributed by atoms with Gasteiger partial charge in [0.05, 0.1) is 23.5 Å². The standard InChI is InChI=1S/C62H58BN3/c1-61(2,3)45-35-37-56-52(39-45)63-53-40-46(62(4,5)6)36-38-57(53)66(55-34-22-20-32-51(55)44-25-13-8-14-26-44)59-42-49(64(47-27-15-9-16-28-47)48-29-17-10-18-30-48)41-58(60(59)63)65(56)54-33-21-19-31-50(54)43-23-11-7-12-24-43/h7-29,31-41,48-49H,30,42H2,1-6H3. The molecule has 2 atom stereocenters. The number of benzene rings is 7. The number of rotatable bonds is 7. The number of nitrogens with zero attached hydrogens (tertiary/aromatic N) is 3. The Balaban J connectivity index is 1.27. The molecular formula is C62H58BN3. The molecule has 2 aliphatic carbocycles. The minimum absolute atomic E-state index is 0.00441. The molecule has 0 amide bonds. The molecule has 0 saturated heterocycles. The molecule has 0 spiro atoms. The minimum Gasteiger partial charge on any atom is -0.358 e. The fourth-order valence-corrected chi connectivity index (χ4v) is 11.0. The summed E-state index contributed by atoms with van der Waals surface area (Å²) in [7, 11) is 0. The maximum atomic E-state index is 2.70. The summed E-state index contributed by atoms with van der Waals surface area (Å²) in [4.78, 5) is 8.02. The number of para-hydroxylation sites is 3. The van der Waals surface area contributed by atoms with Crippen LogP contribution in [0.2, 0.25) is 0 Å². The van der Waals surface area contributed by atoms with Gasteiger partial charge in [0.15, 0.2) is 0 Å². The van der Waals surface area contributed by atoms with Crippen LogP contribution in [0, 0.1) is 0 Å². The largest absolute Gasteiger partial charge is 0.358 e. The number of allylic oxidation sites excluding steroid dienone is 3. The summed E-state index contributed by atoms with van der Waals surface area (Å²) in [5.74, 6) is 0. The first-order valence-corrected chi connectivity index (χ1v) is 23.8. The molecule has 324 valence electrons. The fourth-order valence-electron chi connectivity index (χ4n) is 11.0. The lowest BCUT2D eigenvalue weighted by Crippen LogP contribution is -2.59. The summed E-state index contributed by atoms with van der Waals surface area (Å²) in [5.41, 5.74) is 20.3. The highest BCUT2D eigenvalue weighted by Crippen LogP contribution is 2.52. The van der Waals surface area contributed by atoms with Crippen molar-refractivity contribution in [3.63, 3.8) is 0 Å². The van der Waals surface area contributed by atoms with E-state index in [0.29, 0.717) is 0 Å². The fraction of sp³-hybridized carbons (Fsp3) is 0.194. The quantitative estimate of drug-likeness (QED) is 0.148. The third kappa shape index (κ3) is 7.24. The van der Waals surface area contributed by atoms with Crippen LogP contribution in [0.25, 0.3) is 22.3 Å². The SMILES string of the molecule is CC(C)(C)c1ccc2c(c1)B1C3=C(CC(N(c4ccccc4)C4C=CC=CC4)C=C3N2c2ccccc2-c2ccccc2)N(c2ccccc2-c2ccccc2)c2ccc(C(C)(C)C)cc21. The van der Waals surface area contributed by atoms with Crippen LogP contribution in [-0.2, 0) is 10.8 Å². The molecule has 0 radical (unpaired) electrons. The van der Waals surface area contributed by atoms with Gasteiger partial charge in [-0.15, -0.1) is 0 Å². The Morgan fingerprint density at radius 2 is 1.00 bits per heavy atom. The topological polar surface area (TPSA) is 9.72 Å². The molecule has 7 aromatic carbocycles. The Morgan fingerprint density at radius 1 is 0.500 bits per heavy atom. The van der Waals surface area contributed by atoms with E-state index in [1.54, 1.807) is 0 Å². The van der Waals surface area contributed by atoms with Crippen LogP contribution >= 0.6 is 0 Å². The van der Waals surface area contributed by atoms with E-state index in [0.717, 1.165) is 12.8 Å². The first-order valence-electron chi connectivity index (χ1n) is 23.8. The number of hydrogen-bond donors (Lipinski definition) is 0. The zero-order valence-electron chi connectivity index (χ0n) is 39.1. The maximum absolute atomic E-state index is 2.70. The van der Waals surface area contributed by atoms with Crippen molar-refractivity contribution in [1.82, 2.24) is 0 Å². The highest BCUT2D eigenvalue weighted by molar-refractivity contribution is 6.94. The van der Waals surface area contributed by atoms with Gasteiger partial charge < -0.3 is 14.7 Å². The smallest absolute Gasteiger partial charge is 0.251 e.